The number of hydrogen-bond acceptors (Lipinski definition) is 2. The normalized spacial score (nSPS) is 11.0. The van der Waals surface area contributed by atoms with Gasteiger partial charge in [0.25, 0.3) is 0 Å². The molecule has 1 heterocycles. The van der Waals surface area contributed by atoms with Crippen molar-refractivity contribution >= 4 is 11.8 Å². The van der Waals surface area contributed by atoms with Crippen LogP contribution < -0.4 is 0 Å². The summed E-state index contributed by atoms with van der Waals surface area (Å²) in [4.78, 5) is 0. The highest BCUT2D eigenvalue weighted by atomic mass is 32.2. The van der Waals surface area contributed by atoms with Crippen LogP contribution in [-0.2, 0) is 0 Å². The Morgan fingerprint density at radius 1 is 1.64 bits per heavy atom. The monoisotopic (exact) mass is 177 g/mol. The van der Waals surface area contributed by atoms with Gasteiger partial charge < -0.3 is 0 Å². The zero-order chi connectivity index (χ0) is 8.43. The lowest BCUT2D eigenvalue weighted by atomic mass is 10.4. The van der Waals surface area contributed by atoms with Crippen LogP contribution in [0.3, 0.4) is 0 Å². The maximum atomic E-state index is 12.1. The molecular formula is C6H7F2N2S. The van der Waals surface area contributed by atoms with Gasteiger partial charge in [-0.1, -0.05) is 0 Å². The van der Waals surface area contributed by atoms with Crippen molar-refractivity contribution in [1.29, 1.82) is 0 Å². The number of aromatic nitrogens is 2. The molecule has 0 aromatic carbocycles. The molecule has 61 valence electrons. The molecule has 1 rings (SSSR count). The van der Waals surface area contributed by atoms with Gasteiger partial charge in [0.05, 0.1) is 0 Å². The zero-order valence-electron chi connectivity index (χ0n) is 6.14. The van der Waals surface area contributed by atoms with Crippen LogP contribution in [0.4, 0.5) is 8.78 Å². The highest BCUT2D eigenvalue weighted by molar-refractivity contribution is 7.98. The van der Waals surface area contributed by atoms with Crippen molar-refractivity contribution in [2.75, 3.05) is 6.26 Å². The fourth-order valence-corrected chi connectivity index (χ4v) is 1.43. The van der Waals surface area contributed by atoms with E-state index in [0.29, 0.717) is 15.3 Å². The lowest BCUT2D eigenvalue weighted by molar-refractivity contribution is 0.0472. The predicted molar refractivity (Wildman–Crippen MR) is 38.8 cm³/mol. The van der Waals surface area contributed by atoms with E-state index in [1.165, 1.54) is 11.8 Å². The zero-order valence-corrected chi connectivity index (χ0v) is 6.95. The van der Waals surface area contributed by atoms with Gasteiger partial charge in [-0.3, -0.25) is 0 Å². The third-order valence-electron chi connectivity index (χ3n) is 1.23. The van der Waals surface area contributed by atoms with E-state index in [-0.39, 0.29) is 0 Å². The average Bonchev–Trinajstić information content (AvgIpc) is 2.30. The van der Waals surface area contributed by atoms with Gasteiger partial charge in [-0.2, -0.15) is 18.6 Å². The van der Waals surface area contributed by atoms with Crippen molar-refractivity contribution in [3.8, 4) is 0 Å². The molecule has 0 aliphatic rings. The van der Waals surface area contributed by atoms with Gasteiger partial charge in [0, 0.05) is 5.56 Å². The van der Waals surface area contributed by atoms with Crippen molar-refractivity contribution in [1.82, 2.24) is 9.78 Å². The Labute approximate surface area is 67.6 Å². The van der Waals surface area contributed by atoms with Gasteiger partial charge in [-0.25, -0.2) is 0 Å². The molecule has 11 heavy (non-hydrogen) atoms. The number of thioether (sulfide) groups is 1. The number of hydrogen-bond donors (Lipinski definition) is 0. The van der Waals surface area contributed by atoms with Gasteiger partial charge in [0.1, 0.15) is 11.2 Å². The number of alkyl halides is 2. The molecule has 0 aliphatic heterocycles. The molecule has 0 N–H and O–H groups in total. The van der Waals surface area contributed by atoms with Crippen LogP contribution >= 0.6 is 11.8 Å². The van der Waals surface area contributed by atoms with Crippen LogP contribution in [0.2, 0.25) is 0 Å². The maximum Gasteiger partial charge on any atom is 0.334 e. The molecule has 0 unspecified atom stereocenters. The van der Waals surface area contributed by atoms with Crippen LogP contribution in [0, 0.1) is 13.1 Å². The lowest BCUT2D eigenvalue weighted by Crippen LogP contribution is -2.01. The van der Waals surface area contributed by atoms with Crippen LogP contribution in [0.1, 0.15) is 12.1 Å². The summed E-state index contributed by atoms with van der Waals surface area (Å²) in [7, 11) is 0. The minimum atomic E-state index is -2.57. The largest absolute Gasteiger partial charge is 0.334 e. The Kier molecular flexibility index (Phi) is 2.49. The van der Waals surface area contributed by atoms with E-state index in [9.17, 15) is 8.78 Å². The van der Waals surface area contributed by atoms with Gasteiger partial charge in [0.15, 0.2) is 0 Å². The molecule has 0 amide bonds. The summed E-state index contributed by atoms with van der Waals surface area (Å²) < 4.78 is 24.9. The number of aryl methyl sites for hydroxylation is 1. The Hall–Kier alpha value is -0.580. The van der Waals surface area contributed by atoms with Crippen LogP contribution in [0.25, 0.3) is 0 Å². The summed E-state index contributed by atoms with van der Waals surface area (Å²) in [5, 5.41) is 3.88. The van der Waals surface area contributed by atoms with Crippen molar-refractivity contribution in [2.24, 2.45) is 0 Å². The van der Waals surface area contributed by atoms with Gasteiger partial charge in [-0.15, -0.1) is 11.8 Å². The predicted octanol–water partition coefficient (Wildman–Crippen LogP) is 2.11. The van der Waals surface area contributed by atoms with Gasteiger partial charge >= 0.3 is 6.55 Å². The first-order valence-electron chi connectivity index (χ1n) is 2.95. The molecule has 0 atom stereocenters. The molecule has 0 spiro atoms. The maximum absolute atomic E-state index is 12.1. The molecule has 0 aliphatic carbocycles. The van der Waals surface area contributed by atoms with E-state index in [4.69, 9.17) is 0 Å². The summed E-state index contributed by atoms with van der Waals surface area (Å²) in [6.45, 7) is -0.861. The molecule has 0 bridgehead atoms. The molecular weight excluding hydrogens is 170 g/mol. The summed E-state index contributed by atoms with van der Waals surface area (Å²) in [5.74, 6) is 0. The lowest BCUT2D eigenvalue weighted by Gasteiger charge is -2.02. The summed E-state index contributed by atoms with van der Waals surface area (Å²) in [6, 6.07) is 0. The Morgan fingerprint density at radius 3 is 2.64 bits per heavy atom. The van der Waals surface area contributed by atoms with Crippen molar-refractivity contribution in [3.63, 3.8) is 0 Å². The van der Waals surface area contributed by atoms with E-state index < -0.39 is 6.55 Å². The smallest absolute Gasteiger partial charge is 0.197 e. The Bertz CT molecular complexity index is 247. The Balaban J connectivity index is 3.05. The first-order chi connectivity index (χ1) is 5.16. The molecule has 0 fully saturated rings. The van der Waals surface area contributed by atoms with Crippen molar-refractivity contribution in [3.05, 3.63) is 11.8 Å². The molecule has 2 nitrogen and oxygen atoms in total. The SMILES string of the molecule is CSc1c(C)[c]nn1C(F)F. The van der Waals surface area contributed by atoms with Crippen molar-refractivity contribution < 1.29 is 8.78 Å². The van der Waals surface area contributed by atoms with E-state index in [1.807, 2.05) is 0 Å². The van der Waals surface area contributed by atoms with Crippen molar-refractivity contribution in [2.45, 2.75) is 18.5 Å². The molecule has 1 radical (unpaired) electrons. The highest BCUT2D eigenvalue weighted by Gasteiger charge is 2.13. The second-order valence-corrected chi connectivity index (χ2v) is 2.76. The fourth-order valence-electron chi connectivity index (χ4n) is 0.773. The summed E-state index contributed by atoms with van der Waals surface area (Å²) >= 11 is 1.25. The van der Waals surface area contributed by atoms with E-state index in [2.05, 4.69) is 11.3 Å². The van der Waals surface area contributed by atoms with Crippen LogP contribution in [-0.4, -0.2) is 16.0 Å². The van der Waals surface area contributed by atoms with Gasteiger partial charge in [-0.05, 0) is 13.2 Å². The third kappa shape index (κ3) is 1.53. The minimum absolute atomic E-state index is 0.472. The average molecular weight is 177 g/mol. The molecule has 0 saturated carbocycles. The first kappa shape index (κ1) is 8.52. The second kappa shape index (κ2) is 3.21. The first-order valence-corrected chi connectivity index (χ1v) is 4.18. The standard InChI is InChI=1S/C6H7F2N2S/c1-4-3-9-10(6(7)8)5(4)11-2/h6H,1-2H3. The van der Waals surface area contributed by atoms with Gasteiger partial charge in [0.2, 0.25) is 0 Å². The number of halogens is 2. The summed E-state index contributed by atoms with van der Waals surface area (Å²) in [6.07, 6.45) is 4.21. The summed E-state index contributed by atoms with van der Waals surface area (Å²) in [5.41, 5.74) is 0.665. The van der Waals surface area contributed by atoms with E-state index in [0.717, 1.165) is 0 Å². The number of nitrogens with zero attached hydrogens (tertiary/aromatic N) is 2. The molecule has 1 aromatic heterocycles. The minimum Gasteiger partial charge on any atom is -0.197 e. The third-order valence-corrected chi connectivity index (χ3v) is 2.11. The fraction of sp³-hybridized carbons (Fsp3) is 0.500. The van der Waals surface area contributed by atoms with E-state index >= 15 is 0 Å². The Morgan fingerprint density at radius 2 is 2.27 bits per heavy atom. The number of rotatable bonds is 2. The molecule has 0 saturated heterocycles. The van der Waals surface area contributed by atoms with E-state index in [1.54, 1.807) is 13.2 Å². The molecule has 5 heteroatoms. The van der Waals surface area contributed by atoms with Crippen LogP contribution in [0.5, 0.6) is 0 Å². The molecule has 1 aromatic rings. The second-order valence-electron chi connectivity index (χ2n) is 1.97. The topological polar surface area (TPSA) is 17.8 Å². The van der Waals surface area contributed by atoms with Crippen LogP contribution in [0.15, 0.2) is 5.03 Å². The highest BCUT2D eigenvalue weighted by Crippen LogP contribution is 2.23. The quantitative estimate of drug-likeness (QED) is 0.644.